The zero-order valence-corrected chi connectivity index (χ0v) is 19.6. The van der Waals surface area contributed by atoms with Gasteiger partial charge in [-0.2, -0.15) is 4.39 Å². The van der Waals surface area contributed by atoms with Gasteiger partial charge in [0, 0.05) is 11.5 Å². The minimum Gasteiger partial charge on any atom is -0.490 e. The minimum atomic E-state index is -0.961. The van der Waals surface area contributed by atoms with Crippen molar-refractivity contribution >= 4 is 0 Å². The van der Waals surface area contributed by atoms with E-state index in [-0.39, 0.29) is 23.0 Å². The van der Waals surface area contributed by atoms with Gasteiger partial charge in [-0.25, -0.2) is 8.78 Å². The average Bonchev–Trinajstić information content (AvgIpc) is 2.83. The second kappa shape index (κ2) is 12.7. The molecule has 0 N–H and O–H groups in total. The predicted octanol–water partition coefficient (Wildman–Crippen LogP) is 7.53. The largest absolute Gasteiger partial charge is 0.490 e. The van der Waals surface area contributed by atoms with E-state index in [1.54, 1.807) is 12.1 Å². The van der Waals surface area contributed by atoms with Crippen LogP contribution in [-0.4, -0.2) is 13.2 Å². The van der Waals surface area contributed by atoms with Gasteiger partial charge < -0.3 is 9.47 Å². The van der Waals surface area contributed by atoms with Crippen LogP contribution in [-0.2, 0) is 11.2 Å². The quantitative estimate of drug-likeness (QED) is 0.286. The first kappa shape index (κ1) is 25.2. The summed E-state index contributed by atoms with van der Waals surface area (Å²) in [5.74, 6) is 3.64. The molecule has 1 heterocycles. The van der Waals surface area contributed by atoms with E-state index in [4.69, 9.17) is 9.47 Å². The number of rotatable bonds is 9. The number of hydrogen-bond acceptors (Lipinski definition) is 2. The van der Waals surface area contributed by atoms with Crippen LogP contribution < -0.4 is 4.74 Å². The Morgan fingerprint density at radius 1 is 0.970 bits per heavy atom. The number of unbranched alkanes of at least 4 members (excludes halogenated alkanes) is 4. The molecule has 2 aromatic rings. The second-order valence-corrected chi connectivity index (χ2v) is 8.58. The van der Waals surface area contributed by atoms with Crippen LogP contribution in [0.3, 0.4) is 0 Å². The highest BCUT2D eigenvalue weighted by Crippen LogP contribution is 2.35. The molecular formula is C28H33F3O2. The maximum atomic E-state index is 14.7. The van der Waals surface area contributed by atoms with Crippen molar-refractivity contribution in [3.8, 4) is 17.6 Å². The molecule has 1 aliphatic rings. The predicted molar refractivity (Wildman–Crippen MR) is 125 cm³/mol. The Hall–Kier alpha value is -2.45. The lowest BCUT2D eigenvalue weighted by molar-refractivity contribution is -0.00530. The van der Waals surface area contributed by atoms with Crippen molar-refractivity contribution in [2.75, 3.05) is 13.2 Å². The van der Waals surface area contributed by atoms with Crippen molar-refractivity contribution in [2.45, 2.75) is 71.3 Å². The van der Waals surface area contributed by atoms with Crippen LogP contribution in [0.5, 0.6) is 5.75 Å². The number of ether oxygens (including phenoxy) is 2. The highest BCUT2D eigenvalue weighted by Gasteiger charge is 2.26. The van der Waals surface area contributed by atoms with Gasteiger partial charge in [-0.3, -0.25) is 0 Å². The fourth-order valence-electron chi connectivity index (χ4n) is 3.96. The minimum absolute atomic E-state index is 0.0533. The summed E-state index contributed by atoms with van der Waals surface area (Å²) < 4.78 is 54.6. The maximum Gasteiger partial charge on any atom is 0.200 e. The fraction of sp³-hybridized carbons (Fsp3) is 0.500. The topological polar surface area (TPSA) is 18.5 Å². The van der Waals surface area contributed by atoms with E-state index in [0.717, 1.165) is 37.7 Å². The average molecular weight is 459 g/mol. The molecule has 2 aromatic carbocycles. The summed E-state index contributed by atoms with van der Waals surface area (Å²) in [6.07, 6.45) is 6.73. The summed E-state index contributed by atoms with van der Waals surface area (Å²) in [7, 11) is 0. The number of halogens is 3. The van der Waals surface area contributed by atoms with Gasteiger partial charge in [0.1, 0.15) is 5.82 Å². The molecule has 1 aliphatic heterocycles. The third-order valence-corrected chi connectivity index (χ3v) is 6.06. The van der Waals surface area contributed by atoms with E-state index in [9.17, 15) is 13.2 Å². The van der Waals surface area contributed by atoms with Crippen molar-refractivity contribution in [1.82, 2.24) is 0 Å². The van der Waals surface area contributed by atoms with Crippen molar-refractivity contribution in [3.63, 3.8) is 0 Å². The third-order valence-electron chi connectivity index (χ3n) is 6.06. The van der Waals surface area contributed by atoms with Gasteiger partial charge in [0.2, 0.25) is 5.82 Å². The molecule has 0 spiro atoms. The molecule has 2 unspecified atom stereocenters. The van der Waals surface area contributed by atoms with Gasteiger partial charge >= 0.3 is 0 Å². The lowest BCUT2D eigenvalue weighted by Crippen LogP contribution is -2.21. The van der Waals surface area contributed by atoms with Crippen LogP contribution in [0.1, 0.15) is 81.6 Å². The molecule has 0 aliphatic carbocycles. The molecular weight excluding hydrogens is 425 g/mol. The van der Waals surface area contributed by atoms with Crippen LogP contribution in [0.4, 0.5) is 13.2 Å². The molecule has 2 nitrogen and oxygen atoms in total. The second-order valence-electron chi connectivity index (χ2n) is 8.58. The van der Waals surface area contributed by atoms with E-state index in [1.165, 1.54) is 18.6 Å². The summed E-state index contributed by atoms with van der Waals surface area (Å²) in [6.45, 7) is 4.79. The normalized spacial score (nSPS) is 18.0. The van der Waals surface area contributed by atoms with Gasteiger partial charge in [0.25, 0.3) is 0 Å². The first-order valence-electron chi connectivity index (χ1n) is 12.1. The summed E-state index contributed by atoms with van der Waals surface area (Å²) in [5, 5.41) is 0. The standard InChI is InChI=1S/C28H33F3O2/c1-3-5-6-7-8-17-32-26-16-14-23(27(30)28(26)31)25-15-11-21(19-33-25)10-13-22-12-9-20(4-2)18-24(22)29/h9,12,14,16,18,21,25H,3-8,11,15,17,19H2,1-2H3. The van der Waals surface area contributed by atoms with Crippen molar-refractivity contribution in [2.24, 2.45) is 5.92 Å². The Balaban J connectivity index is 1.54. The molecule has 2 atom stereocenters. The molecule has 0 amide bonds. The van der Waals surface area contributed by atoms with Gasteiger partial charge in [0.15, 0.2) is 11.6 Å². The third kappa shape index (κ3) is 7.01. The van der Waals surface area contributed by atoms with E-state index in [0.29, 0.717) is 31.6 Å². The van der Waals surface area contributed by atoms with Crippen LogP contribution >= 0.6 is 0 Å². The monoisotopic (exact) mass is 458 g/mol. The Morgan fingerprint density at radius 3 is 2.48 bits per heavy atom. The molecule has 1 fully saturated rings. The van der Waals surface area contributed by atoms with Crippen molar-refractivity contribution in [3.05, 3.63) is 64.5 Å². The smallest absolute Gasteiger partial charge is 0.200 e. The molecule has 3 rings (SSSR count). The summed E-state index contributed by atoms with van der Waals surface area (Å²) in [4.78, 5) is 0. The van der Waals surface area contributed by atoms with Crippen molar-refractivity contribution in [1.29, 1.82) is 0 Å². The highest BCUT2D eigenvalue weighted by molar-refractivity contribution is 5.38. The van der Waals surface area contributed by atoms with Crippen LogP contribution in [0.2, 0.25) is 0 Å². The van der Waals surface area contributed by atoms with E-state index in [2.05, 4.69) is 18.8 Å². The summed E-state index contributed by atoms with van der Waals surface area (Å²) in [5.41, 5.74) is 1.50. The van der Waals surface area contributed by atoms with Gasteiger partial charge in [-0.15, -0.1) is 0 Å². The lowest BCUT2D eigenvalue weighted by atomic mass is 9.94. The van der Waals surface area contributed by atoms with E-state index in [1.807, 2.05) is 13.0 Å². The number of benzene rings is 2. The van der Waals surface area contributed by atoms with Gasteiger partial charge in [-0.1, -0.05) is 57.4 Å². The van der Waals surface area contributed by atoms with E-state index < -0.39 is 17.7 Å². The Morgan fingerprint density at radius 2 is 1.79 bits per heavy atom. The van der Waals surface area contributed by atoms with Crippen LogP contribution in [0.15, 0.2) is 30.3 Å². The highest BCUT2D eigenvalue weighted by atomic mass is 19.2. The molecule has 0 aromatic heterocycles. The number of aryl methyl sites for hydroxylation is 1. The Bertz CT molecular complexity index is 969. The lowest BCUT2D eigenvalue weighted by Gasteiger charge is -2.27. The van der Waals surface area contributed by atoms with Crippen LogP contribution in [0, 0.1) is 35.2 Å². The van der Waals surface area contributed by atoms with Crippen LogP contribution in [0.25, 0.3) is 0 Å². The molecule has 5 heteroatoms. The van der Waals surface area contributed by atoms with E-state index >= 15 is 0 Å². The number of hydrogen-bond donors (Lipinski definition) is 0. The van der Waals surface area contributed by atoms with Gasteiger partial charge in [0.05, 0.1) is 24.9 Å². The molecule has 0 bridgehead atoms. The first-order chi connectivity index (χ1) is 16.0. The zero-order valence-electron chi connectivity index (χ0n) is 19.6. The molecule has 33 heavy (non-hydrogen) atoms. The molecule has 0 saturated carbocycles. The molecule has 1 saturated heterocycles. The molecule has 178 valence electrons. The Kier molecular flexibility index (Phi) is 9.69. The maximum absolute atomic E-state index is 14.7. The summed E-state index contributed by atoms with van der Waals surface area (Å²) >= 11 is 0. The summed E-state index contributed by atoms with van der Waals surface area (Å²) in [6, 6.07) is 8.11. The SMILES string of the molecule is CCCCCCCOc1ccc(C2CCC(C#Cc3ccc(CC)cc3F)CO2)c(F)c1F. The first-order valence-corrected chi connectivity index (χ1v) is 12.1. The van der Waals surface area contributed by atoms with Crippen molar-refractivity contribution < 1.29 is 22.6 Å². The fourth-order valence-corrected chi connectivity index (χ4v) is 3.96. The zero-order chi connectivity index (χ0) is 23.6. The van der Waals surface area contributed by atoms with Gasteiger partial charge in [-0.05, 0) is 55.5 Å². The molecule has 0 radical (unpaired) electrons. The Labute approximate surface area is 195 Å².